The van der Waals surface area contributed by atoms with Crippen LogP contribution in [0.4, 0.5) is 0 Å². The highest BCUT2D eigenvalue weighted by Crippen LogP contribution is 2.52. The van der Waals surface area contributed by atoms with Crippen LogP contribution < -0.4 is 5.32 Å². The largest absolute Gasteiger partial charge is 0.454 e. The lowest BCUT2D eigenvalue weighted by Gasteiger charge is -2.18. The molecule has 35 heavy (non-hydrogen) atoms. The normalized spacial score (nSPS) is 24.2. The minimum absolute atomic E-state index is 0.0869. The number of nitrogens with one attached hydrogen (secondary N) is 1. The number of likely N-dealkylation sites (tertiary alicyclic amines) is 1. The summed E-state index contributed by atoms with van der Waals surface area (Å²) in [6.07, 6.45) is 5.52. The summed E-state index contributed by atoms with van der Waals surface area (Å²) in [4.78, 5) is 50.9. The highest BCUT2D eigenvalue weighted by Gasteiger charge is 2.59. The number of amides is 3. The zero-order valence-corrected chi connectivity index (χ0v) is 19.3. The molecule has 2 aromatic carbocycles. The molecule has 3 amide bonds. The molecule has 2 fully saturated rings. The number of imide groups is 1. The fraction of sp³-hybridized carbons (Fsp3) is 0.357. The number of allylic oxidation sites excluding steroid dienone is 2. The second-order valence-corrected chi connectivity index (χ2v) is 9.44. The third-order valence-corrected chi connectivity index (χ3v) is 7.37. The Balaban J connectivity index is 1.09. The van der Waals surface area contributed by atoms with Gasteiger partial charge in [0.05, 0.1) is 11.8 Å². The van der Waals surface area contributed by atoms with Gasteiger partial charge in [-0.1, -0.05) is 72.8 Å². The van der Waals surface area contributed by atoms with Crippen LogP contribution in [0.5, 0.6) is 0 Å². The molecule has 0 aromatic heterocycles. The maximum absolute atomic E-state index is 12.7. The van der Waals surface area contributed by atoms with E-state index in [1.807, 2.05) is 48.6 Å². The molecule has 1 aliphatic heterocycles. The van der Waals surface area contributed by atoms with Crippen LogP contribution in [0.1, 0.15) is 29.9 Å². The van der Waals surface area contributed by atoms with E-state index in [9.17, 15) is 19.2 Å². The lowest BCUT2D eigenvalue weighted by Crippen LogP contribution is -2.39. The lowest BCUT2D eigenvalue weighted by atomic mass is 9.85. The molecule has 2 bridgehead atoms. The number of rotatable bonds is 9. The van der Waals surface area contributed by atoms with E-state index in [0.29, 0.717) is 13.0 Å². The lowest BCUT2D eigenvalue weighted by molar-refractivity contribution is -0.155. The van der Waals surface area contributed by atoms with Crippen LogP contribution in [0.3, 0.4) is 0 Å². The smallest absolute Gasteiger partial charge is 0.326 e. The molecule has 1 N–H and O–H groups in total. The Hall–Kier alpha value is -3.74. The van der Waals surface area contributed by atoms with Crippen molar-refractivity contribution in [1.82, 2.24) is 10.2 Å². The summed E-state index contributed by atoms with van der Waals surface area (Å²) >= 11 is 0. The molecule has 1 saturated carbocycles. The van der Waals surface area contributed by atoms with Crippen molar-refractivity contribution in [2.45, 2.75) is 18.8 Å². The molecule has 0 spiro atoms. The van der Waals surface area contributed by atoms with Crippen LogP contribution in [0.25, 0.3) is 0 Å². The zero-order valence-electron chi connectivity index (χ0n) is 19.3. The average molecular weight is 473 g/mol. The minimum atomic E-state index is -0.756. The molecule has 1 heterocycles. The molecule has 4 unspecified atom stereocenters. The van der Waals surface area contributed by atoms with E-state index in [0.717, 1.165) is 22.4 Å². The van der Waals surface area contributed by atoms with Gasteiger partial charge in [0.15, 0.2) is 6.61 Å². The standard InChI is InChI=1S/C28H28N2O5/c31-23(29-14-13-22(18-7-3-1-4-8-18)19-9-5-2-6-10-19)17-35-24(32)16-30-27(33)25-20-11-12-21(15-20)26(25)28(30)34/h1-12,20-22,25-26H,13-17H2,(H,29,31). The summed E-state index contributed by atoms with van der Waals surface area (Å²) in [6, 6.07) is 20.2. The number of carbonyl (C=O) groups is 4. The first-order valence-electron chi connectivity index (χ1n) is 12.1. The van der Waals surface area contributed by atoms with Crippen molar-refractivity contribution in [3.63, 3.8) is 0 Å². The van der Waals surface area contributed by atoms with E-state index in [4.69, 9.17) is 4.74 Å². The predicted octanol–water partition coefficient (Wildman–Crippen LogP) is 2.68. The van der Waals surface area contributed by atoms with Gasteiger partial charge in [0, 0.05) is 12.5 Å². The number of hydrogen-bond acceptors (Lipinski definition) is 5. The number of ether oxygens (including phenoxy) is 1. The van der Waals surface area contributed by atoms with Gasteiger partial charge in [0.2, 0.25) is 11.8 Å². The topological polar surface area (TPSA) is 92.8 Å². The minimum Gasteiger partial charge on any atom is -0.454 e. The van der Waals surface area contributed by atoms with Gasteiger partial charge in [0.1, 0.15) is 6.54 Å². The van der Waals surface area contributed by atoms with E-state index < -0.39 is 25.0 Å². The fourth-order valence-corrected chi connectivity index (χ4v) is 5.74. The third-order valence-electron chi connectivity index (χ3n) is 7.37. The van der Waals surface area contributed by atoms with Crippen molar-refractivity contribution < 1.29 is 23.9 Å². The van der Waals surface area contributed by atoms with Crippen molar-refractivity contribution in [3.05, 3.63) is 83.9 Å². The van der Waals surface area contributed by atoms with Crippen molar-refractivity contribution >= 4 is 23.7 Å². The number of benzene rings is 2. The Labute approximate surface area is 204 Å². The van der Waals surface area contributed by atoms with Gasteiger partial charge >= 0.3 is 5.97 Å². The van der Waals surface area contributed by atoms with Gasteiger partial charge in [-0.3, -0.25) is 24.1 Å². The fourth-order valence-electron chi connectivity index (χ4n) is 5.74. The van der Waals surface area contributed by atoms with E-state index >= 15 is 0 Å². The Morgan fingerprint density at radius 2 is 1.43 bits per heavy atom. The number of hydrogen-bond donors (Lipinski definition) is 1. The first-order valence-corrected chi connectivity index (χ1v) is 12.1. The van der Waals surface area contributed by atoms with Crippen molar-refractivity contribution in [2.24, 2.45) is 23.7 Å². The van der Waals surface area contributed by atoms with Crippen LogP contribution in [0, 0.1) is 23.7 Å². The van der Waals surface area contributed by atoms with Gasteiger partial charge in [0.25, 0.3) is 5.91 Å². The van der Waals surface area contributed by atoms with Crippen LogP contribution in [-0.2, 0) is 23.9 Å². The van der Waals surface area contributed by atoms with E-state index in [1.54, 1.807) is 0 Å². The first-order chi connectivity index (χ1) is 17.0. The van der Waals surface area contributed by atoms with Crippen molar-refractivity contribution in [2.75, 3.05) is 19.7 Å². The number of carbonyl (C=O) groups excluding carboxylic acids is 4. The van der Waals surface area contributed by atoms with Crippen LogP contribution in [-0.4, -0.2) is 48.3 Å². The summed E-state index contributed by atoms with van der Waals surface area (Å²) in [5, 5.41) is 2.80. The summed E-state index contributed by atoms with van der Waals surface area (Å²) in [6.45, 7) is -0.482. The SMILES string of the molecule is O=C(COC(=O)CN1C(=O)C2C3C=CC(C3)C2C1=O)NCCC(c1ccccc1)c1ccccc1. The maximum atomic E-state index is 12.7. The van der Waals surface area contributed by atoms with E-state index in [2.05, 4.69) is 29.6 Å². The summed E-state index contributed by atoms with van der Waals surface area (Å²) < 4.78 is 5.07. The Morgan fingerprint density at radius 3 is 1.97 bits per heavy atom. The molecule has 5 rings (SSSR count). The molecule has 7 nitrogen and oxygen atoms in total. The highest BCUT2D eigenvalue weighted by atomic mass is 16.5. The van der Waals surface area contributed by atoms with Crippen molar-refractivity contribution in [3.8, 4) is 0 Å². The Bertz CT molecular complexity index is 1080. The number of esters is 1. The summed E-state index contributed by atoms with van der Waals surface area (Å²) in [7, 11) is 0. The van der Waals surface area contributed by atoms with Crippen LogP contribution in [0.2, 0.25) is 0 Å². The summed E-state index contributed by atoms with van der Waals surface area (Å²) in [5.41, 5.74) is 2.32. The predicted molar refractivity (Wildman–Crippen MR) is 128 cm³/mol. The molecular formula is C28H28N2O5. The van der Waals surface area contributed by atoms with Gasteiger partial charge in [-0.25, -0.2) is 0 Å². The van der Waals surface area contributed by atoms with Gasteiger partial charge < -0.3 is 10.1 Å². The maximum Gasteiger partial charge on any atom is 0.326 e. The third kappa shape index (κ3) is 4.63. The molecular weight excluding hydrogens is 444 g/mol. The monoisotopic (exact) mass is 472 g/mol. The van der Waals surface area contributed by atoms with Gasteiger partial charge in [-0.15, -0.1) is 0 Å². The molecule has 180 valence electrons. The van der Waals surface area contributed by atoms with Gasteiger partial charge in [-0.2, -0.15) is 0 Å². The second-order valence-electron chi connectivity index (χ2n) is 9.44. The van der Waals surface area contributed by atoms with E-state index in [1.165, 1.54) is 0 Å². The molecule has 2 aliphatic carbocycles. The van der Waals surface area contributed by atoms with Gasteiger partial charge in [-0.05, 0) is 35.8 Å². The quantitative estimate of drug-likeness (QED) is 0.344. The average Bonchev–Trinajstić information content (AvgIpc) is 3.57. The van der Waals surface area contributed by atoms with E-state index in [-0.39, 0.29) is 41.4 Å². The highest BCUT2D eigenvalue weighted by molar-refractivity contribution is 6.08. The summed E-state index contributed by atoms with van der Waals surface area (Å²) in [5.74, 6) is -2.18. The van der Waals surface area contributed by atoms with Crippen molar-refractivity contribution in [1.29, 1.82) is 0 Å². The second kappa shape index (κ2) is 9.86. The molecule has 7 heteroatoms. The molecule has 0 radical (unpaired) electrons. The number of nitrogens with zero attached hydrogens (tertiary/aromatic N) is 1. The Kier molecular flexibility index (Phi) is 6.49. The number of fused-ring (bicyclic) bond motifs is 5. The molecule has 3 aliphatic rings. The first kappa shape index (κ1) is 23.0. The Morgan fingerprint density at radius 1 is 0.886 bits per heavy atom. The van der Waals surface area contributed by atoms with Crippen LogP contribution >= 0.6 is 0 Å². The molecule has 2 aromatic rings. The van der Waals surface area contributed by atoms with Crippen LogP contribution in [0.15, 0.2) is 72.8 Å². The molecule has 4 atom stereocenters. The zero-order chi connectivity index (χ0) is 24.4. The molecule has 1 saturated heterocycles.